The lowest BCUT2D eigenvalue weighted by atomic mass is 9.76. The zero-order valence-electron chi connectivity index (χ0n) is 44.6. The second-order valence-corrected chi connectivity index (χ2v) is 38.5. The van der Waals surface area contributed by atoms with Gasteiger partial charge in [-0.15, -0.1) is 0 Å². The number of rotatable bonds is 20. The Morgan fingerprint density at radius 3 is 1.88 bits per heavy atom. The van der Waals surface area contributed by atoms with E-state index in [4.69, 9.17) is 27.8 Å². The van der Waals surface area contributed by atoms with Gasteiger partial charge < -0.3 is 27.8 Å². The number of carbonyl (C=O) groups is 2. The average molecular weight is 984 g/mol. The molecule has 2 fully saturated rings. The largest absolute Gasteiger partial charge is 0.497 e. The summed E-state index contributed by atoms with van der Waals surface area (Å²) >= 11 is 0. The predicted octanol–water partition coefficient (Wildman–Crippen LogP) is 12.6. The number of ether oxygens (including phenoxy) is 4. The van der Waals surface area contributed by atoms with Gasteiger partial charge in [-0.3, -0.25) is 9.59 Å². The molecule has 0 unspecified atom stereocenters. The van der Waals surface area contributed by atoms with Crippen molar-refractivity contribution in [3.05, 3.63) is 114 Å². The van der Waals surface area contributed by atoms with Crippen molar-refractivity contribution in [2.75, 3.05) is 13.7 Å². The number of benzene rings is 3. The maximum absolute atomic E-state index is 15.0. The van der Waals surface area contributed by atoms with E-state index in [9.17, 15) is 9.59 Å². The van der Waals surface area contributed by atoms with Crippen LogP contribution in [0.2, 0.25) is 42.8 Å². The normalized spacial score (nSPS) is 21.5. The third-order valence-corrected chi connectivity index (χ3v) is 25.2. The van der Waals surface area contributed by atoms with E-state index < -0.39 is 48.4 Å². The Balaban J connectivity index is 1.41. The lowest BCUT2D eigenvalue weighted by Gasteiger charge is -2.46. The molecule has 68 heavy (non-hydrogen) atoms. The molecule has 5 atom stereocenters. The van der Waals surface area contributed by atoms with E-state index in [1.807, 2.05) is 50.2 Å². The summed E-state index contributed by atoms with van der Waals surface area (Å²) < 4.78 is 39.5. The van der Waals surface area contributed by atoms with E-state index in [0.717, 1.165) is 28.1 Å². The highest BCUT2D eigenvalue weighted by Gasteiger charge is 2.53. The maximum atomic E-state index is 15.0. The molecule has 3 aromatic carbocycles. The minimum atomic E-state index is -2.97. The van der Waals surface area contributed by atoms with E-state index in [2.05, 4.69) is 155 Å². The summed E-state index contributed by atoms with van der Waals surface area (Å²) in [5.41, 5.74) is 3.67. The molecule has 0 N–H and O–H groups in total. The van der Waals surface area contributed by atoms with E-state index in [1.165, 1.54) is 5.57 Å². The van der Waals surface area contributed by atoms with Crippen LogP contribution >= 0.6 is 0 Å². The Bertz CT molecular complexity index is 2120. The van der Waals surface area contributed by atoms with Gasteiger partial charge >= 0.3 is 5.97 Å². The molecule has 0 aliphatic carbocycles. The fourth-order valence-electron chi connectivity index (χ4n) is 9.34. The minimum absolute atomic E-state index is 0.0598. The number of esters is 1. The van der Waals surface area contributed by atoms with E-state index in [-0.39, 0.29) is 58.9 Å². The second-order valence-electron chi connectivity index (χ2n) is 24.5. The number of cyclic esters (lactones) is 1. The summed E-state index contributed by atoms with van der Waals surface area (Å²) in [6, 6.07) is 28.8. The summed E-state index contributed by atoms with van der Waals surface area (Å²) in [6.07, 6.45) is 5.26. The first-order valence-electron chi connectivity index (χ1n) is 25.0. The summed E-state index contributed by atoms with van der Waals surface area (Å²) in [7, 11) is -4.83. The number of carbonyl (C=O) groups excluding carboxylic acids is 2. The Labute approximate surface area is 414 Å². The first kappa shape index (κ1) is 55.5. The Morgan fingerprint density at radius 2 is 1.35 bits per heavy atom. The van der Waals surface area contributed by atoms with E-state index in [1.54, 1.807) is 7.11 Å². The van der Waals surface area contributed by atoms with Crippen LogP contribution in [-0.2, 0) is 39.3 Å². The molecule has 0 amide bonds. The van der Waals surface area contributed by atoms with Crippen LogP contribution < -0.4 is 15.1 Å². The van der Waals surface area contributed by atoms with Crippen molar-refractivity contribution in [1.29, 1.82) is 0 Å². The van der Waals surface area contributed by atoms with Gasteiger partial charge in [0.15, 0.2) is 8.32 Å². The summed E-state index contributed by atoms with van der Waals surface area (Å²) in [5.74, 6) is 0.519. The van der Waals surface area contributed by atoms with Crippen LogP contribution in [0.1, 0.15) is 113 Å². The molecule has 2 aliphatic rings. The maximum Gasteiger partial charge on any atom is 0.308 e. The van der Waals surface area contributed by atoms with E-state index in [0.29, 0.717) is 25.9 Å². The van der Waals surface area contributed by atoms with Gasteiger partial charge in [-0.25, -0.2) is 0 Å². The SMILES string of the molecule is COc1ccc(CO[C@@H](C[C@@H]2C[C@@H](O[Si](c3ccccc3)(c3ccccc3)C(C)(C)C)CC(=O)O2)C(C)(C)C(=O)C[C@@H]2C/C(=C\[Si](C)(C)C)C[C@H](/C=C/C(C)(C)CO[Si](C)(C)C(C)(C)C)O2)cc1. The molecular formula is C57H86O8Si3. The number of methoxy groups -OCH3 is 1. The van der Waals surface area contributed by atoms with Gasteiger partial charge in [-0.1, -0.05) is 185 Å². The van der Waals surface area contributed by atoms with Crippen LogP contribution in [0.5, 0.6) is 5.75 Å². The van der Waals surface area contributed by atoms with Crippen molar-refractivity contribution < 1.29 is 37.4 Å². The van der Waals surface area contributed by atoms with Gasteiger partial charge in [0.1, 0.15) is 17.6 Å². The number of Topliss-reactive ketones (excluding diaryl/α,β-unsaturated/α-hetero) is 1. The highest BCUT2D eigenvalue weighted by atomic mass is 28.4. The van der Waals surface area contributed by atoms with Gasteiger partial charge in [0.25, 0.3) is 8.32 Å². The molecule has 0 radical (unpaired) electrons. The van der Waals surface area contributed by atoms with Crippen LogP contribution in [0.15, 0.2) is 108 Å². The van der Waals surface area contributed by atoms with Gasteiger partial charge in [0.2, 0.25) is 0 Å². The molecule has 2 aliphatic heterocycles. The highest BCUT2D eigenvalue weighted by Crippen LogP contribution is 2.42. The second kappa shape index (κ2) is 22.3. The molecule has 0 spiro atoms. The smallest absolute Gasteiger partial charge is 0.308 e. The fourth-order valence-corrected chi connectivity index (χ4v) is 16.7. The van der Waals surface area contributed by atoms with Crippen molar-refractivity contribution >= 4 is 46.8 Å². The molecule has 3 aromatic rings. The molecule has 0 saturated carbocycles. The third-order valence-electron chi connectivity index (χ3n) is 14.3. The third kappa shape index (κ3) is 14.8. The minimum Gasteiger partial charge on any atom is -0.497 e. The highest BCUT2D eigenvalue weighted by molar-refractivity contribution is 6.99. The van der Waals surface area contributed by atoms with Crippen molar-refractivity contribution in [2.45, 2.75) is 188 Å². The zero-order valence-corrected chi connectivity index (χ0v) is 47.6. The topological polar surface area (TPSA) is 89.5 Å². The Kier molecular flexibility index (Phi) is 18.2. The fraction of sp³-hybridized carbons (Fsp3) is 0.579. The molecule has 0 bridgehead atoms. The predicted molar refractivity (Wildman–Crippen MR) is 287 cm³/mol. The standard InChI is InChI=1S/C57H86O8Si3/c1-54(2,3)67(15,16)62-41-56(7,8)32-31-45-33-43(40-66(12,13)14)34-46(63-45)36-51(58)57(9,10)52(61-39-42-27-29-44(60-11)30-28-42)37-47-35-48(38-53(59)64-47)65-68(55(4,5)6,49-23-19-17-20-24-49)50-25-21-18-22-26-50/h17-32,40,45-48,52H,33-39,41H2,1-16H3/b32-31+,43-40-/t45-,46-,47-,48+,52-/m0/s1. The van der Waals surface area contributed by atoms with Crippen LogP contribution in [0.4, 0.5) is 0 Å². The van der Waals surface area contributed by atoms with Crippen molar-refractivity contribution in [3.8, 4) is 5.75 Å². The van der Waals surface area contributed by atoms with Gasteiger partial charge in [0, 0.05) is 36.7 Å². The lowest BCUT2D eigenvalue weighted by Crippen LogP contribution is -2.68. The molecule has 0 aromatic heterocycles. The van der Waals surface area contributed by atoms with Crippen LogP contribution in [0.25, 0.3) is 0 Å². The zero-order chi connectivity index (χ0) is 50.3. The molecule has 5 rings (SSSR count). The van der Waals surface area contributed by atoms with Crippen LogP contribution in [0, 0.1) is 10.8 Å². The summed E-state index contributed by atoms with van der Waals surface area (Å²) in [4.78, 5) is 28.7. The van der Waals surface area contributed by atoms with Crippen molar-refractivity contribution in [3.63, 3.8) is 0 Å². The Hall–Kier alpha value is -3.43. The number of hydrogen-bond acceptors (Lipinski definition) is 8. The van der Waals surface area contributed by atoms with Gasteiger partial charge in [-0.2, -0.15) is 0 Å². The molecule has 2 saturated heterocycles. The summed E-state index contributed by atoms with van der Waals surface area (Å²) in [5, 5.41) is 2.19. The van der Waals surface area contributed by atoms with Gasteiger partial charge in [0.05, 0.1) is 52.6 Å². The van der Waals surface area contributed by atoms with E-state index >= 15 is 0 Å². The lowest BCUT2D eigenvalue weighted by molar-refractivity contribution is -0.165. The number of ketones is 1. The Morgan fingerprint density at radius 1 is 0.765 bits per heavy atom. The first-order chi connectivity index (χ1) is 31.5. The molecule has 8 nitrogen and oxygen atoms in total. The monoisotopic (exact) mass is 983 g/mol. The quantitative estimate of drug-likeness (QED) is 0.0628. The van der Waals surface area contributed by atoms with Gasteiger partial charge in [-0.05, 0) is 64.1 Å². The van der Waals surface area contributed by atoms with Crippen molar-refractivity contribution in [2.24, 2.45) is 10.8 Å². The average Bonchev–Trinajstić information content (AvgIpc) is 3.24. The molecule has 2 heterocycles. The molecule has 11 heteroatoms. The summed E-state index contributed by atoms with van der Waals surface area (Å²) in [6.45, 7) is 34.6. The van der Waals surface area contributed by atoms with Crippen molar-refractivity contribution in [1.82, 2.24) is 0 Å². The first-order valence-corrected chi connectivity index (χ1v) is 33.4. The number of hydrogen-bond donors (Lipinski definition) is 0. The molecular weight excluding hydrogens is 897 g/mol. The molecule has 374 valence electrons. The van der Waals surface area contributed by atoms with Crippen LogP contribution in [-0.4, -0.2) is 80.7 Å². The van der Waals surface area contributed by atoms with Crippen LogP contribution in [0.3, 0.4) is 0 Å².